The Hall–Kier alpha value is -1.28. The normalized spacial score (nSPS) is 10.9. The summed E-state index contributed by atoms with van der Waals surface area (Å²) in [5, 5.41) is 12.9. The van der Waals surface area contributed by atoms with Crippen LogP contribution in [0.4, 0.5) is 5.82 Å². The fourth-order valence-electron chi connectivity index (χ4n) is 1.05. The molecule has 5 heteroatoms. The van der Waals surface area contributed by atoms with Crippen LogP contribution in [-0.2, 0) is 0 Å². The minimum atomic E-state index is -0.0738. The fraction of sp³-hybridized carbons (Fsp3) is 0.545. The Morgan fingerprint density at radius 3 is 2.75 bits per heavy atom. The molecule has 0 bridgehead atoms. The van der Waals surface area contributed by atoms with Gasteiger partial charge in [-0.05, 0) is 26.5 Å². The van der Waals surface area contributed by atoms with Crippen LogP contribution in [0.1, 0.15) is 32.8 Å². The SMILES string of the molecule is CCC(C)(C)Nc1nc(SC)ncc1C#N. The first-order valence-corrected chi connectivity index (χ1v) is 6.34. The van der Waals surface area contributed by atoms with Crippen molar-refractivity contribution in [1.82, 2.24) is 9.97 Å². The van der Waals surface area contributed by atoms with E-state index in [4.69, 9.17) is 5.26 Å². The molecular weight excluding hydrogens is 220 g/mol. The van der Waals surface area contributed by atoms with Gasteiger partial charge in [-0.15, -0.1) is 0 Å². The lowest BCUT2D eigenvalue weighted by Crippen LogP contribution is -2.30. The zero-order valence-electron chi connectivity index (χ0n) is 10.0. The van der Waals surface area contributed by atoms with Gasteiger partial charge < -0.3 is 5.32 Å². The Bertz CT molecular complexity index is 409. The van der Waals surface area contributed by atoms with Crippen molar-refractivity contribution in [2.24, 2.45) is 0 Å². The second-order valence-corrected chi connectivity index (χ2v) is 4.87. The van der Waals surface area contributed by atoms with Gasteiger partial charge in [0.05, 0.1) is 6.20 Å². The predicted molar refractivity (Wildman–Crippen MR) is 66.5 cm³/mol. The third kappa shape index (κ3) is 3.11. The predicted octanol–water partition coefficient (Wildman–Crippen LogP) is 2.67. The van der Waals surface area contributed by atoms with E-state index in [9.17, 15) is 0 Å². The molecular formula is C11H16N4S. The van der Waals surface area contributed by atoms with Crippen LogP contribution in [0.15, 0.2) is 11.4 Å². The number of hydrogen-bond acceptors (Lipinski definition) is 5. The summed E-state index contributed by atoms with van der Waals surface area (Å²) in [6.45, 7) is 6.25. The van der Waals surface area contributed by atoms with E-state index in [2.05, 4.69) is 42.1 Å². The number of nitrogens with zero attached hydrogens (tertiary/aromatic N) is 3. The first-order valence-electron chi connectivity index (χ1n) is 5.11. The van der Waals surface area contributed by atoms with Gasteiger partial charge in [-0.3, -0.25) is 0 Å². The number of nitriles is 1. The highest BCUT2D eigenvalue weighted by atomic mass is 32.2. The molecule has 0 saturated carbocycles. The standard InChI is InChI=1S/C11H16N4S/c1-5-11(2,3)15-9-8(6-12)7-13-10(14-9)16-4/h7H,5H2,1-4H3,(H,13,14,15). The molecule has 1 aromatic heterocycles. The molecule has 86 valence electrons. The van der Waals surface area contributed by atoms with Crippen molar-refractivity contribution in [1.29, 1.82) is 5.26 Å². The van der Waals surface area contributed by atoms with Crippen molar-refractivity contribution in [3.05, 3.63) is 11.8 Å². The average Bonchev–Trinajstić information content (AvgIpc) is 2.28. The second kappa shape index (κ2) is 5.17. The smallest absolute Gasteiger partial charge is 0.189 e. The maximum absolute atomic E-state index is 8.97. The lowest BCUT2D eigenvalue weighted by atomic mass is 10.0. The van der Waals surface area contributed by atoms with Crippen molar-refractivity contribution in [3.8, 4) is 6.07 Å². The zero-order chi connectivity index (χ0) is 12.2. The van der Waals surface area contributed by atoms with Gasteiger partial charge in [0, 0.05) is 5.54 Å². The number of rotatable bonds is 4. The molecule has 1 rings (SSSR count). The molecule has 0 radical (unpaired) electrons. The summed E-state index contributed by atoms with van der Waals surface area (Å²) in [5.74, 6) is 0.619. The van der Waals surface area contributed by atoms with Crippen LogP contribution in [0.25, 0.3) is 0 Å². The van der Waals surface area contributed by atoms with Crippen molar-refractivity contribution in [3.63, 3.8) is 0 Å². The summed E-state index contributed by atoms with van der Waals surface area (Å²) in [6, 6.07) is 2.10. The van der Waals surface area contributed by atoms with E-state index in [1.54, 1.807) is 6.20 Å². The molecule has 4 nitrogen and oxygen atoms in total. The van der Waals surface area contributed by atoms with Crippen LogP contribution < -0.4 is 5.32 Å². The molecule has 0 aliphatic heterocycles. The number of hydrogen-bond donors (Lipinski definition) is 1. The molecule has 16 heavy (non-hydrogen) atoms. The molecule has 0 aliphatic carbocycles. The van der Waals surface area contributed by atoms with Gasteiger partial charge in [0.1, 0.15) is 17.5 Å². The highest BCUT2D eigenvalue weighted by molar-refractivity contribution is 7.98. The van der Waals surface area contributed by atoms with E-state index in [-0.39, 0.29) is 5.54 Å². The summed E-state index contributed by atoms with van der Waals surface area (Å²) >= 11 is 1.46. The number of anilines is 1. The molecule has 0 saturated heterocycles. The third-order valence-corrected chi connectivity index (χ3v) is 2.97. The Balaban J connectivity index is 3.06. The quantitative estimate of drug-likeness (QED) is 0.643. The maximum atomic E-state index is 8.97. The van der Waals surface area contributed by atoms with E-state index >= 15 is 0 Å². The first kappa shape index (κ1) is 12.8. The molecule has 0 unspecified atom stereocenters. The Labute approximate surface area is 100 Å². The topological polar surface area (TPSA) is 61.6 Å². The van der Waals surface area contributed by atoms with Crippen LogP contribution in [-0.4, -0.2) is 21.8 Å². The second-order valence-electron chi connectivity index (χ2n) is 4.09. The molecule has 0 spiro atoms. The molecule has 1 N–H and O–H groups in total. The minimum Gasteiger partial charge on any atom is -0.364 e. The van der Waals surface area contributed by atoms with E-state index in [0.717, 1.165) is 6.42 Å². The van der Waals surface area contributed by atoms with Crippen LogP contribution in [0.2, 0.25) is 0 Å². The third-order valence-electron chi connectivity index (χ3n) is 2.41. The molecule has 0 amide bonds. The molecule has 0 aliphatic rings. The van der Waals surface area contributed by atoms with Crippen LogP contribution in [0.3, 0.4) is 0 Å². The van der Waals surface area contributed by atoms with E-state index in [1.165, 1.54) is 11.8 Å². The Morgan fingerprint density at radius 2 is 2.25 bits per heavy atom. The van der Waals surface area contributed by atoms with Crippen LogP contribution in [0, 0.1) is 11.3 Å². The van der Waals surface area contributed by atoms with E-state index in [1.807, 2.05) is 6.26 Å². The van der Waals surface area contributed by atoms with Gasteiger partial charge in [-0.1, -0.05) is 18.7 Å². The molecule has 1 heterocycles. The maximum Gasteiger partial charge on any atom is 0.189 e. The van der Waals surface area contributed by atoms with Gasteiger partial charge in [-0.2, -0.15) is 5.26 Å². The lowest BCUT2D eigenvalue weighted by molar-refractivity contribution is 0.543. The Morgan fingerprint density at radius 1 is 1.56 bits per heavy atom. The lowest BCUT2D eigenvalue weighted by Gasteiger charge is -2.25. The van der Waals surface area contributed by atoms with Crippen LogP contribution in [0.5, 0.6) is 0 Å². The van der Waals surface area contributed by atoms with Gasteiger partial charge >= 0.3 is 0 Å². The molecule has 1 aromatic rings. The zero-order valence-corrected chi connectivity index (χ0v) is 10.9. The van der Waals surface area contributed by atoms with Crippen molar-refractivity contribution < 1.29 is 0 Å². The highest BCUT2D eigenvalue weighted by Crippen LogP contribution is 2.21. The van der Waals surface area contributed by atoms with Gasteiger partial charge in [0.2, 0.25) is 0 Å². The largest absolute Gasteiger partial charge is 0.364 e. The van der Waals surface area contributed by atoms with Crippen LogP contribution >= 0.6 is 11.8 Å². The van der Waals surface area contributed by atoms with E-state index in [0.29, 0.717) is 16.5 Å². The fourth-order valence-corrected chi connectivity index (χ4v) is 1.39. The number of aromatic nitrogens is 2. The summed E-state index contributed by atoms with van der Waals surface area (Å²) in [5.41, 5.74) is 0.412. The van der Waals surface area contributed by atoms with Gasteiger partial charge in [0.15, 0.2) is 5.16 Å². The van der Waals surface area contributed by atoms with Crippen molar-refractivity contribution in [2.45, 2.75) is 37.9 Å². The van der Waals surface area contributed by atoms with Crippen molar-refractivity contribution >= 4 is 17.6 Å². The monoisotopic (exact) mass is 236 g/mol. The summed E-state index contributed by atoms with van der Waals surface area (Å²) in [6.07, 6.45) is 4.43. The minimum absolute atomic E-state index is 0.0738. The number of nitrogens with one attached hydrogen (secondary N) is 1. The summed E-state index contributed by atoms with van der Waals surface area (Å²) in [4.78, 5) is 8.39. The number of thioether (sulfide) groups is 1. The molecule has 0 aromatic carbocycles. The average molecular weight is 236 g/mol. The summed E-state index contributed by atoms with van der Waals surface area (Å²) in [7, 11) is 0. The molecule has 0 atom stereocenters. The first-order chi connectivity index (χ1) is 7.52. The van der Waals surface area contributed by atoms with E-state index < -0.39 is 0 Å². The highest BCUT2D eigenvalue weighted by Gasteiger charge is 2.17. The Kier molecular flexibility index (Phi) is 4.13. The summed E-state index contributed by atoms with van der Waals surface area (Å²) < 4.78 is 0. The molecule has 0 fully saturated rings. The van der Waals surface area contributed by atoms with Gasteiger partial charge in [0.25, 0.3) is 0 Å². The van der Waals surface area contributed by atoms with Gasteiger partial charge in [-0.25, -0.2) is 9.97 Å². The van der Waals surface area contributed by atoms with Crippen molar-refractivity contribution in [2.75, 3.05) is 11.6 Å².